The van der Waals surface area contributed by atoms with Crippen LogP contribution in [0.1, 0.15) is 0 Å². The van der Waals surface area contributed by atoms with Crippen LogP contribution in [0.4, 0.5) is 18.9 Å². The van der Waals surface area contributed by atoms with Gasteiger partial charge in [0.05, 0.1) is 15.5 Å². The Morgan fingerprint density at radius 2 is 1.52 bits per heavy atom. The molecule has 0 bridgehead atoms. The number of hydrogen-bond donors (Lipinski definition) is 2. The summed E-state index contributed by atoms with van der Waals surface area (Å²) in [6, 6.07) is 8.37. The van der Waals surface area contributed by atoms with Crippen molar-refractivity contribution < 1.29 is 34.7 Å². The average Bonchev–Trinajstić information content (AvgIpc) is 2.44. The van der Waals surface area contributed by atoms with Crippen LogP contribution in [0.15, 0.2) is 58.3 Å². The summed E-state index contributed by atoms with van der Waals surface area (Å²) in [5.74, 6) is -0.714. The lowest BCUT2D eigenvalue weighted by atomic mass is 10.3. The summed E-state index contributed by atoms with van der Waals surface area (Å²) in [6.45, 7) is 0. The van der Waals surface area contributed by atoms with Gasteiger partial charge in [0.15, 0.2) is 0 Å². The number of hydrogen-bond acceptors (Lipinski definition) is 5. The number of benzene rings is 2. The molecular weight excluding hydrogens is 385 g/mol. The Hall–Kier alpha value is -2.31. The number of primary sulfonamides is 1. The summed E-state index contributed by atoms with van der Waals surface area (Å²) in [7, 11) is -8.34. The second kappa shape index (κ2) is 6.54. The van der Waals surface area contributed by atoms with E-state index in [9.17, 15) is 30.0 Å². The standard InChI is InChI=1S/C13H11F3N2O5S2/c14-13(15,16)23-10-4-2-6-12(8-10)25(21,22)18-9-3-1-5-11(7-9)24(17,19)20/h1-8,18H,(H2,17,19,20). The molecule has 0 unspecified atom stereocenters. The van der Waals surface area contributed by atoms with Gasteiger partial charge in [-0.05, 0) is 30.3 Å². The Kier molecular flexibility index (Phi) is 4.97. The van der Waals surface area contributed by atoms with Crippen molar-refractivity contribution in [1.82, 2.24) is 0 Å². The van der Waals surface area contributed by atoms with Gasteiger partial charge in [0, 0.05) is 6.07 Å². The Bertz CT molecular complexity index is 989. The van der Waals surface area contributed by atoms with Crippen LogP contribution < -0.4 is 14.6 Å². The maximum Gasteiger partial charge on any atom is 0.573 e. The summed E-state index contributed by atoms with van der Waals surface area (Å²) in [5, 5.41) is 4.95. The predicted octanol–water partition coefficient (Wildman–Crippen LogP) is 2.03. The molecule has 136 valence electrons. The van der Waals surface area contributed by atoms with Crippen LogP contribution in [0.3, 0.4) is 0 Å². The number of ether oxygens (including phenoxy) is 1. The minimum absolute atomic E-state index is 0.131. The van der Waals surface area contributed by atoms with Crippen molar-refractivity contribution in [3.05, 3.63) is 48.5 Å². The van der Waals surface area contributed by atoms with E-state index in [1.165, 1.54) is 12.1 Å². The molecular formula is C13H11F3N2O5S2. The number of anilines is 1. The van der Waals surface area contributed by atoms with Gasteiger partial charge in [-0.1, -0.05) is 12.1 Å². The van der Waals surface area contributed by atoms with E-state index in [1.54, 1.807) is 0 Å². The molecule has 0 radical (unpaired) electrons. The Labute approximate surface area is 141 Å². The van der Waals surface area contributed by atoms with E-state index in [4.69, 9.17) is 5.14 Å². The van der Waals surface area contributed by atoms with Crippen LogP contribution in [0.5, 0.6) is 5.75 Å². The summed E-state index contributed by atoms with van der Waals surface area (Å²) >= 11 is 0. The molecule has 0 amide bonds. The maximum atomic E-state index is 12.3. The quantitative estimate of drug-likeness (QED) is 0.802. The van der Waals surface area contributed by atoms with Gasteiger partial charge in [0.1, 0.15) is 5.75 Å². The van der Waals surface area contributed by atoms with Crippen molar-refractivity contribution in [1.29, 1.82) is 0 Å². The third kappa shape index (κ3) is 5.34. The molecule has 0 saturated carbocycles. The SMILES string of the molecule is NS(=O)(=O)c1cccc(NS(=O)(=O)c2cccc(OC(F)(F)F)c2)c1. The molecule has 0 saturated heterocycles. The van der Waals surface area contributed by atoms with Gasteiger partial charge in [-0.15, -0.1) is 13.2 Å². The first-order valence-corrected chi connectivity index (χ1v) is 9.41. The van der Waals surface area contributed by atoms with Crippen LogP contribution in [0, 0.1) is 0 Å². The van der Waals surface area contributed by atoms with Crippen molar-refractivity contribution in [2.45, 2.75) is 16.2 Å². The van der Waals surface area contributed by atoms with Gasteiger partial charge in [0.25, 0.3) is 10.0 Å². The molecule has 0 fully saturated rings. The molecule has 0 aliphatic carbocycles. The number of alkyl halides is 3. The van der Waals surface area contributed by atoms with E-state index in [2.05, 4.69) is 9.46 Å². The van der Waals surface area contributed by atoms with E-state index in [1.807, 2.05) is 0 Å². The molecule has 0 spiro atoms. The first-order valence-electron chi connectivity index (χ1n) is 6.38. The Morgan fingerprint density at radius 1 is 0.920 bits per heavy atom. The van der Waals surface area contributed by atoms with Crippen LogP contribution >= 0.6 is 0 Å². The molecule has 0 aliphatic heterocycles. The molecule has 3 N–H and O–H groups in total. The maximum absolute atomic E-state index is 12.3. The van der Waals surface area contributed by atoms with Gasteiger partial charge in [0.2, 0.25) is 10.0 Å². The van der Waals surface area contributed by atoms with E-state index < -0.39 is 37.1 Å². The second-order valence-electron chi connectivity index (χ2n) is 4.70. The lowest BCUT2D eigenvalue weighted by Gasteiger charge is -2.12. The molecule has 7 nitrogen and oxygen atoms in total. The minimum atomic E-state index is -4.97. The Balaban J connectivity index is 2.33. The second-order valence-corrected chi connectivity index (χ2v) is 7.94. The van der Waals surface area contributed by atoms with Gasteiger partial charge in [-0.3, -0.25) is 4.72 Å². The molecule has 0 atom stereocenters. The van der Waals surface area contributed by atoms with Gasteiger partial charge >= 0.3 is 6.36 Å². The third-order valence-corrected chi connectivity index (χ3v) is 5.05. The molecule has 2 aromatic rings. The van der Waals surface area contributed by atoms with Crippen molar-refractivity contribution in [3.63, 3.8) is 0 Å². The van der Waals surface area contributed by atoms with Gasteiger partial charge in [-0.2, -0.15) is 0 Å². The highest BCUT2D eigenvalue weighted by molar-refractivity contribution is 7.92. The van der Waals surface area contributed by atoms with Crippen molar-refractivity contribution in [2.75, 3.05) is 4.72 Å². The van der Waals surface area contributed by atoms with Crippen molar-refractivity contribution in [3.8, 4) is 5.75 Å². The van der Waals surface area contributed by atoms with E-state index in [-0.39, 0.29) is 10.6 Å². The highest BCUT2D eigenvalue weighted by Gasteiger charge is 2.31. The van der Waals surface area contributed by atoms with Crippen LogP contribution in [-0.2, 0) is 20.0 Å². The average molecular weight is 396 g/mol. The summed E-state index contributed by atoms with van der Waals surface area (Å²) in [5.41, 5.74) is -0.131. The Morgan fingerprint density at radius 3 is 2.12 bits per heavy atom. The number of nitrogens with one attached hydrogen (secondary N) is 1. The molecule has 25 heavy (non-hydrogen) atoms. The highest BCUT2D eigenvalue weighted by Crippen LogP contribution is 2.26. The fourth-order valence-corrected chi connectivity index (χ4v) is 3.43. The van der Waals surface area contributed by atoms with Crippen LogP contribution in [0.25, 0.3) is 0 Å². The first kappa shape index (κ1) is 19.0. The molecule has 0 aliphatic rings. The first-order chi connectivity index (χ1) is 11.4. The number of rotatable bonds is 5. The van der Waals surface area contributed by atoms with E-state index in [0.29, 0.717) is 6.07 Å². The lowest BCUT2D eigenvalue weighted by Crippen LogP contribution is -2.18. The highest BCUT2D eigenvalue weighted by atomic mass is 32.2. The molecule has 0 aromatic heterocycles. The van der Waals surface area contributed by atoms with Crippen LogP contribution in [0.2, 0.25) is 0 Å². The summed E-state index contributed by atoms with van der Waals surface area (Å²) in [6.07, 6.45) is -4.97. The number of nitrogens with two attached hydrogens (primary N) is 1. The molecule has 2 aromatic carbocycles. The zero-order valence-corrected chi connectivity index (χ0v) is 13.8. The third-order valence-electron chi connectivity index (χ3n) is 2.76. The fraction of sp³-hybridized carbons (Fsp3) is 0.0769. The number of halogens is 3. The smallest absolute Gasteiger partial charge is 0.406 e. The zero-order chi connectivity index (χ0) is 18.9. The molecule has 2 rings (SSSR count). The lowest BCUT2D eigenvalue weighted by molar-refractivity contribution is -0.274. The largest absolute Gasteiger partial charge is 0.573 e. The van der Waals surface area contributed by atoms with Gasteiger partial charge < -0.3 is 4.74 Å². The van der Waals surface area contributed by atoms with Gasteiger partial charge in [-0.25, -0.2) is 22.0 Å². The predicted molar refractivity (Wildman–Crippen MR) is 81.7 cm³/mol. The fourth-order valence-electron chi connectivity index (χ4n) is 1.79. The van der Waals surface area contributed by atoms with Crippen molar-refractivity contribution in [2.24, 2.45) is 5.14 Å². The normalized spacial score (nSPS) is 12.6. The summed E-state index contributed by atoms with van der Waals surface area (Å²) < 4.78 is 89.4. The topological polar surface area (TPSA) is 116 Å². The van der Waals surface area contributed by atoms with Crippen molar-refractivity contribution >= 4 is 25.7 Å². The summed E-state index contributed by atoms with van der Waals surface area (Å²) in [4.78, 5) is -0.836. The monoisotopic (exact) mass is 396 g/mol. The molecule has 0 heterocycles. The molecule has 12 heteroatoms. The number of sulfonamides is 2. The van der Waals surface area contributed by atoms with E-state index in [0.717, 1.165) is 30.3 Å². The van der Waals surface area contributed by atoms with Crippen LogP contribution in [-0.4, -0.2) is 23.2 Å². The zero-order valence-electron chi connectivity index (χ0n) is 12.2. The minimum Gasteiger partial charge on any atom is -0.406 e. The van der Waals surface area contributed by atoms with E-state index >= 15 is 0 Å².